The van der Waals surface area contributed by atoms with Crippen LogP contribution in [-0.2, 0) is 21.7 Å². The first-order valence-electron chi connectivity index (χ1n) is 22.2. The van der Waals surface area contributed by atoms with Gasteiger partial charge in [-0.2, -0.15) is 0 Å². The third-order valence-electron chi connectivity index (χ3n) is 13.9. The smallest absolute Gasteiger partial charge is 0.133 e. The minimum Gasteiger partial charge on any atom is -0.307 e. The first-order chi connectivity index (χ1) is 29.1. The fourth-order valence-electron chi connectivity index (χ4n) is 10.5. The van der Waals surface area contributed by atoms with E-state index < -0.39 is 0 Å². The van der Waals surface area contributed by atoms with Crippen molar-refractivity contribution >= 4 is 76.2 Å². The second kappa shape index (κ2) is 12.3. The molecule has 4 heterocycles. The maximum Gasteiger partial charge on any atom is 0.133 e. The highest BCUT2D eigenvalue weighted by molar-refractivity contribution is 6.45. The molecule has 11 aromatic rings. The van der Waals surface area contributed by atoms with E-state index in [1.165, 1.54) is 22.3 Å². The summed E-state index contributed by atoms with van der Waals surface area (Å²) < 4.78 is 39.0. The molecule has 2 nitrogen and oxygen atoms in total. The molecular formula is C58H54F2N2. The second-order valence-electron chi connectivity index (χ2n) is 22.1. The molecular weight excluding hydrogens is 763 g/mol. The molecule has 0 atom stereocenters. The summed E-state index contributed by atoms with van der Waals surface area (Å²) in [5, 5.41) is 8.64. The highest BCUT2D eigenvalue weighted by Gasteiger charge is 2.33. The summed E-state index contributed by atoms with van der Waals surface area (Å²) in [6.45, 7) is 26.8. The predicted octanol–water partition coefficient (Wildman–Crippen LogP) is 16.8. The molecule has 0 fully saturated rings. The fraction of sp³-hybridized carbons (Fsp3) is 0.276. The van der Waals surface area contributed by atoms with E-state index in [2.05, 4.69) is 177 Å². The molecule has 0 aliphatic rings. The van der Waals surface area contributed by atoms with Gasteiger partial charge in [-0.05, 0) is 91.4 Å². The Bertz CT molecular complexity index is 3370. The van der Waals surface area contributed by atoms with Crippen molar-refractivity contribution in [1.82, 2.24) is 8.80 Å². The van der Waals surface area contributed by atoms with Gasteiger partial charge in [-0.1, -0.05) is 156 Å². The van der Waals surface area contributed by atoms with Crippen molar-refractivity contribution in [2.45, 2.75) is 105 Å². The summed E-state index contributed by atoms with van der Waals surface area (Å²) in [6, 6.07) is 37.9. The predicted molar refractivity (Wildman–Crippen MR) is 261 cm³/mol. The molecule has 4 aromatic heterocycles. The SMILES string of the molecule is CC(C)(C)c1cc(-c2c(F)ccc3c4c5c6ccccc6n6c7c(-c8cc(C(C)(C)C)cc(C(C)(C)C)c8)c(F)ccc7c(c7c8ccccc8n(c23)c74)c56)cc(C(C)(C)C)c1. The Morgan fingerprint density at radius 3 is 0.968 bits per heavy atom. The van der Waals surface area contributed by atoms with E-state index in [9.17, 15) is 0 Å². The number of para-hydroxylation sites is 2. The molecule has 0 radical (unpaired) electrons. The molecule has 11 rings (SSSR count). The zero-order valence-corrected chi connectivity index (χ0v) is 38.0. The van der Waals surface area contributed by atoms with Gasteiger partial charge in [0.2, 0.25) is 0 Å². The number of hydrogen-bond acceptors (Lipinski definition) is 0. The van der Waals surface area contributed by atoms with Gasteiger partial charge in [0, 0.05) is 54.2 Å². The van der Waals surface area contributed by atoms with Crippen LogP contribution in [0.15, 0.2) is 109 Å². The lowest BCUT2D eigenvalue weighted by atomic mass is 9.78. The van der Waals surface area contributed by atoms with Gasteiger partial charge in [-0.25, -0.2) is 8.78 Å². The topological polar surface area (TPSA) is 8.82 Å². The highest BCUT2D eigenvalue weighted by Crippen LogP contribution is 2.54. The van der Waals surface area contributed by atoms with Crippen molar-refractivity contribution in [2.75, 3.05) is 0 Å². The van der Waals surface area contributed by atoms with Crippen molar-refractivity contribution < 1.29 is 8.78 Å². The standard InChI is InChI=1S/C58H54F2N2/c1-55(2,3)33-25-31(26-34(29-33)56(4,5)6)45-41(59)23-21-39-49-47-38-18-14-16-20-44(38)62-52-40(50(54(47)62)48-37-17-13-15-19-43(37)61(51(39)45)53(48)49)22-24-42(60)46(52)32-27-35(57(7,8)9)30-36(28-32)58(10,11)12/h13-30H,1-12H3. The van der Waals surface area contributed by atoms with Gasteiger partial charge in [-0.15, -0.1) is 0 Å². The monoisotopic (exact) mass is 816 g/mol. The van der Waals surface area contributed by atoms with E-state index in [-0.39, 0.29) is 33.3 Å². The van der Waals surface area contributed by atoms with Crippen LogP contribution in [0.4, 0.5) is 8.78 Å². The Labute approximate surface area is 362 Å². The van der Waals surface area contributed by atoms with E-state index in [0.29, 0.717) is 11.1 Å². The summed E-state index contributed by atoms with van der Waals surface area (Å²) in [7, 11) is 0. The molecule has 0 bridgehead atoms. The third-order valence-corrected chi connectivity index (χ3v) is 13.9. The van der Waals surface area contributed by atoms with E-state index >= 15 is 8.78 Å². The zero-order chi connectivity index (χ0) is 43.7. The molecule has 0 saturated heterocycles. The third kappa shape index (κ3) is 5.25. The first kappa shape index (κ1) is 38.9. The molecule has 0 saturated carbocycles. The molecule has 0 N–H and O–H groups in total. The average molecular weight is 817 g/mol. The number of benzene rings is 7. The van der Waals surface area contributed by atoms with E-state index in [1.807, 2.05) is 12.1 Å². The normalized spacial score (nSPS) is 13.6. The molecule has 4 heteroatoms. The van der Waals surface area contributed by atoms with Crippen molar-refractivity contribution in [3.8, 4) is 22.3 Å². The number of nitrogens with zero attached hydrogens (tertiary/aromatic N) is 2. The molecule has 7 aromatic carbocycles. The van der Waals surface area contributed by atoms with Crippen LogP contribution < -0.4 is 0 Å². The second-order valence-corrected chi connectivity index (χ2v) is 22.1. The van der Waals surface area contributed by atoms with Gasteiger partial charge >= 0.3 is 0 Å². The molecule has 310 valence electrons. The molecule has 0 spiro atoms. The Morgan fingerprint density at radius 2 is 0.645 bits per heavy atom. The molecule has 62 heavy (non-hydrogen) atoms. The highest BCUT2D eigenvalue weighted by atomic mass is 19.1. The summed E-state index contributed by atoms with van der Waals surface area (Å²) >= 11 is 0. The number of aromatic nitrogens is 2. The van der Waals surface area contributed by atoms with Crippen molar-refractivity contribution in [1.29, 1.82) is 0 Å². The summed E-state index contributed by atoms with van der Waals surface area (Å²) in [5.74, 6) is -0.478. The number of rotatable bonds is 2. The molecule has 0 unspecified atom stereocenters. The van der Waals surface area contributed by atoms with Crippen molar-refractivity contribution in [3.05, 3.63) is 143 Å². The van der Waals surface area contributed by atoms with Gasteiger partial charge in [0.05, 0.1) is 33.1 Å². The summed E-state index contributed by atoms with van der Waals surface area (Å²) in [4.78, 5) is 0. The zero-order valence-electron chi connectivity index (χ0n) is 38.0. The Morgan fingerprint density at radius 1 is 0.339 bits per heavy atom. The van der Waals surface area contributed by atoms with E-state index in [1.54, 1.807) is 12.1 Å². The van der Waals surface area contributed by atoms with E-state index in [4.69, 9.17) is 0 Å². The van der Waals surface area contributed by atoms with Crippen LogP contribution >= 0.6 is 0 Å². The van der Waals surface area contributed by atoms with Crippen molar-refractivity contribution in [3.63, 3.8) is 0 Å². The Hall–Kier alpha value is -6.00. The number of fused-ring (bicyclic) bond motifs is 14. The van der Waals surface area contributed by atoms with Gasteiger partial charge in [-0.3, -0.25) is 0 Å². The number of halogens is 2. The average Bonchev–Trinajstić information content (AvgIpc) is 3.92. The maximum atomic E-state index is 17.2. The Balaban J connectivity index is 1.39. The summed E-state index contributed by atoms with van der Waals surface area (Å²) in [6.07, 6.45) is 0. The van der Waals surface area contributed by atoms with Crippen LogP contribution in [0.1, 0.15) is 105 Å². The lowest BCUT2D eigenvalue weighted by Gasteiger charge is -2.26. The van der Waals surface area contributed by atoms with Gasteiger partial charge < -0.3 is 8.80 Å². The van der Waals surface area contributed by atoms with Crippen LogP contribution in [-0.4, -0.2) is 8.80 Å². The first-order valence-corrected chi connectivity index (χ1v) is 22.2. The summed E-state index contributed by atoms with van der Waals surface area (Å²) in [5.41, 5.74) is 13.1. The number of hydrogen-bond donors (Lipinski definition) is 0. The minimum absolute atomic E-state index is 0.144. The lowest BCUT2D eigenvalue weighted by Crippen LogP contribution is -2.16. The Kier molecular flexibility index (Phi) is 7.74. The van der Waals surface area contributed by atoms with Crippen molar-refractivity contribution in [2.24, 2.45) is 0 Å². The largest absolute Gasteiger partial charge is 0.307 e. The molecule has 0 amide bonds. The van der Waals surface area contributed by atoms with Crippen LogP contribution in [0, 0.1) is 11.6 Å². The van der Waals surface area contributed by atoms with E-state index in [0.717, 1.165) is 87.3 Å². The lowest BCUT2D eigenvalue weighted by molar-refractivity contribution is 0.568. The van der Waals surface area contributed by atoms with Crippen LogP contribution in [0.5, 0.6) is 0 Å². The van der Waals surface area contributed by atoms with Crippen LogP contribution in [0.3, 0.4) is 0 Å². The van der Waals surface area contributed by atoms with Crippen LogP contribution in [0.2, 0.25) is 0 Å². The minimum atomic E-state index is -0.239. The quantitative estimate of drug-likeness (QED) is 0.164. The van der Waals surface area contributed by atoms with Gasteiger partial charge in [0.1, 0.15) is 11.6 Å². The van der Waals surface area contributed by atoms with Crippen LogP contribution in [0.25, 0.3) is 98.4 Å². The van der Waals surface area contributed by atoms with Gasteiger partial charge in [0.15, 0.2) is 0 Å². The molecule has 0 aliphatic carbocycles. The maximum absolute atomic E-state index is 17.2. The van der Waals surface area contributed by atoms with Gasteiger partial charge in [0.25, 0.3) is 0 Å². The molecule has 0 aliphatic heterocycles. The fourth-order valence-corrected chi connectivity index (χ4v) is 10.5.